The molecule has 1 saturated heterocycles. The van der Waals surface area contributed by atoms with Gasteiger partial charge in [0.05, 0.1) is 6.61 Å². The van der Waals surface area contributed by atoms with E-state index in [-0.39, 0.29) is 0 Å². The lowest BCUT2D eigenvalue weighted by Crippen LogP contribution is -2.47. The number of ether oxygens (including phenoxy) is 1. The third kappa shape index (κ3) is 3.94. The Hall–Kier alpha value is -0.120. The average molecular weight is 240 g/mol. The summed E-state index contributed by atoms with van der Waals surface area (Å²) in [5, 5.41) is 3.47. The van der Waals surface area contributed by atoms with Crippen LogP contribution in [0.2, 0.25) is 0 Å². The van der Waals surface area contributed by atoms with Gasteiger partial charge in [-0.1, -0.05) is 13.3 Å². The van der Waals surface area contributed by atoms with Crippen LogP contribution in [0.3, 0.4) is 0 Å². The molecule has 0 aromatic heterocycles. The van der Waals surface area contributed by atoms with E-state index in [1.807, 2.05) is 0 Å². The minimum atomic E-state index is 0.659. The first-order valence-electron chi connectivity index (χ1n) is 7.34. The largest absolute Gasteiger partial charge is 0.381 e. The molecule has 1 heterocycles. The molecule has 0 bridgehead atoms. The first-order valence-corrected chi connectivity index (χ1v) is 7.34. The molecule has 2 rings (SSSR count). The number of rotatable bonds is 7. The van der Waals surface area contributed by atoms with Crippen molar-refractivity contribution in [1.29, 1.82) is 0 Å². The summed E-state index contributed by atoms with van der Waals surface area (Å²) in [7, 11) is 2.09. The van der Waals surface area contributed by atoms with Gasteiger partial charge < -0.3 is 10.1 Å². The monoisotopic (exact) mass is 240 g/mol. The van der Waals surface area contributed by atoms with E-state index in [1.165, 1.54) is 45.2 Å². The number of hydrogen-bond donors (Lipinski definition) is 1. The van der Waals surface area contributed by atoms with Crippen LogP contribution in [-0.2, 0) is 4.74 Å². The Morgan fingerprint density at radius 3 is 2.76 bits per heavy atom. The van der Waals surface area contributed by atoms with Crippen molar-refractivity contribution >= 4 is 0 Å². The van der Waals surface area contributed by atoms with Crippen molar-refractivity contribution < 1.29 is 4.74 Å². The molecule has 0 spiro atoms. The highest BCUT2D eigenvalue weighted by atomic mass is 16.5. The summed E-state index contributed by atoms with van der Waals surface area (Å²) in [6.45, 7) is 6.68. The molecule has 2 aliphatic rings. The van der Waals surface area contributed by atoms with Crippen LogP contribution in [0.1, 0.15) is 39.0 Å². The maximum atomic E-state index is 5.65. The number of nitrogens with zero attached hydrogens (tertiary/aromatic N) is 1. The van der Waals surface area contributed by atoms with E-state index in [0.29, 0.717) is 12.0 Å². The van der Waals surface area contributed by atoms with E-state index in [0.717, 1.165) is 19.3 Å². The predicted octanol–water partition coefficient (Wildman–Crippen LogP) is 1.88. The van der Waals surface area contributed by atoms with Crippen molar-refractivity contribution in [2.75, 3.05) is 33.4 Å². The van der Waals surface area contributed by atoms with Crippen LogP contribution in [0.15, 0.2) is 0 Å². The van der Waals surface area contributed by atoms with Gasteiger partial charge in [-0.15, -0.1) is 0 Å². The zero-order valence-electron chi connectivity index (χ0n) is 11.5. The summed E-state index contributed by atoms with van der Waals surface area (Å²) in [4.78, 5) is 2.72. The van der Waals surface area contributed by atoms with Gasteiger partial charge >= 0.3 is 0 Å². The summed E-state index contributed by atoms with van der Waals surface area (Å²) in [6, 6.07) is 1.55. The van der Waals surface area contributed by atoms with Gasteiger partial charge in [0.1, 0.15) is 0 Å². The zero-order valence-corrected chi connectivity index (χ0v) is 11.5. The number of hydrogen-bond acceptors (Lipinski definition) is 3. The molecule has 1 aliphatic carbocycles. The molecule has 1 aliphatic heterocycles. The highest BCUT2D eigenvalue weighted by Gasteiger charge is 2.33. The predicted molar refractivity (Wildman–Crippen MR) is 71.3 cm³/mol. The van der Waals surface area contributed by atoms with Crippen molar-refractivity contribution in [2.45, 2.75) is 51.1 Å². The Balaban J connectivity index is 1.82. The fraction of sp³-hybridized carbons (Fsp3) is 1.00. The summed E-state index contributed by atoms with van der Waals surface area (Å²) < 4.78 is 5.65. The Labute approximate surface area is 106 Å². The molecule has 0 aromatic carbocycles. The molecule has 2 unspecified atom stereocenters. The Morgan fingerprint density at radius 1 is 1.29 bits per heavy atom. The standard InChI is InChI=1S/C14H28N2O/c1-3-4-8-16(13-5-6-13)10-12-11-17-9-7-14(12)15-2/h12-15H,3-11H2,1-2H3. The maximum absolute atomic E-state index is 5.65. The molecule has 0 amide bonds. The number of unbranched alkanes of at least 4 members (excludes halogenated alkanes) is 1. The van der Waals surface area contributed by atoms with Crippen LogP contribution in [-0.4, -0.2) is 50.3 Å². The fourth-order valence-corrected chi connectivity index (χ4v) is 2.88. The average Bonchev–Trinajstić information content (AvgIpc) is 3.19. The van der Waals surface area contributed by atoms with Crippen LogP contribution < -0.4 is 5.32 Å². The summed E-state index contributed by atoms with van der Waals surface area (Å²) in [5.41, 5.74) is 0. The molecular formula is C14H28N2O. The molecule has 3 heteroatoms. The van der Waals surface area contributed by atoms with E-state index in [4.69, 9.17) is 4.74 Å². The molecule has 17 heavy (non-hydrogen) atoms. The summed E-state index contributed by atoms with van der Waals surface area (Å²) in [5.74, 6) is 0.686. The summed E-state index contributed by atoms with van der Waals surface area (Å²) in [6.07, 6.45) is 6.66. The lowest BCUT2D eigenvalue weighted by atomic mass is 9.95. The lowest BCUT2D eigenvalue weighted by Gasteiger charge is -2.35. The van der Waals surface area contributed by atoms with E-state index in [9.17, 15) is 0 Å². The zero-order chi connectivity index (χ0) is 12.1. The maximum Gasteiger partial charge on any atom is 0.0521 e. The van der Waals surface area contributed by atoms with Crippen molar-refractivity contribution in [2.24, 2.45) is 5.92 Å². The van der Waals surface area contributed by atoms with Gasteiger partial charge in [-0.25, -0.2) is 0 Å². The van der Waals surface area contributed by atoms with Gasteiger partial charge in [-0.05, 0) is 39.3 Å². The Bertz CT molecular complexity index is 218. The quantitative estimate of drug-likeness (QED) is 0.735. The minimum absolute atomic E-state index is 0.659. The first kappa shape index (κ1) is 13.3. The SMILES string of the molecule is CCCCN(CC1COCCC1NC)C1CC1. The van der Waals surface area contributed by atoms with Gasteiger partial charge in [0.25, 0.3) is 0 Å². The molecular weight excluding hydrogens is 212 g/mol. The normalized spacial score (nSPS) is 29.8. The Kier molecular flexibility index (Phi) is 5.26. The van der Waals surface area contributed by atoms with Crippen molar-refractivity contribution in [3.8, 4) is 0 Å². The van der Waals surface area contributed by atoms with Gasteiger partial charge in [-0.3, -0.25) is 4.90 Å². The second-order valence-electron chi connectivity index (χ2n) is 5.60. The van der Waals surface area contributed by atoms with Gasteiger partial charge in [0.2, 0.25) is 0 Å². The van der Waals surface area contributed by atoms with E-state index in [1.54, 1.807) is 0 Å². The molecule has 2 fully saturated rings. The van der Waals surface area contributed by atoms with E-state index < -0.39 is 0 Å². The molecule has 100 valence electrons. The fourth-order valence-electron chi connectivity index (χ4n) is 2.88. The van der Waals surface area contributed by atoms with Crippen LogP contribution in [0.5, 0.6) is 0 Å². The smallest absolute Gasteiger partial charge is 0.0521 e. The van der Waals surface area contributed by atoms with E-state index >= 15 is 0 Å². The van der Waals surface area contributed by atoms with Gasteiger partial charge in [0.15, 0.2) is 0 Å². The van der Waals surface area contributed by atoms with Crippen LogP contribution in [0.4, 0.5) is 0 Å². The van der Waals surface area contributed by atoms with E-state index in [2.05, 4.69) is 24.2 Å². The lowest BCUT2D eigenvalue weighted by molar-refractivity contribution is 0.0170. The van der Waals surface area contributed by atoms with Gasteiger partial charge in [0, 0.05) is 31.2 Å². The van der Waals surface area contributed by atoms with Crippen molar-refractivity contribution in [3.63, 3.8) is 0 Å². The van der Waals surface area contributed by atoms with Gasteiger partial charge in [-0.2, -0.15) is 0 Å². The molecule has 2 atom stereocenters. The molecule has 1 saturated carbocycles. The van der Waals surface area contributed by atoms with Crippen LogP contribution in [0.25, 0.3) is 0 Å². The first-order chi connectivity index (χ1) is 8.35. The second-order valence-corrected chi connectivity index (χ2v) is 5.60. The Morgan fingerprint density at radius 2 is 2.12 bits per heavy atom. The third-order valence-electron chi connectivity index (χ3n) is 4.18. The molecule has 0 aromatic rings. The number of nitrogens with one attached hydrogen (secondary N) is 1. The topological polar surface area (TPSA) is 24.5 Å². The van der Waals surface area contributed by atoms with Crippen LogP contribution >= 0.6 is 0 Å². The highest BCUT2D eigenvalue weighted by molar-refractivity contribution is 4.88. The molecule has 0 radical (unpaired) electrons. The summed E-state index contributed by atoms with van der Waals surface area (Å²) >= 11 is 0. The third-order valence-corrected chi connectivity index (χ3v) is 4.18. The van der Waals surface area contributed by atoms with Crippen molar-refractivity contribution in [1.82, 2.24) is 10.2 Å². The minimum Gasteiger partial charge on any atom is -0.381 e. The van der Waals surface area contributed by atoms with Crippen LogP contribution in [0, 0.1) is 5.92 Å². The molecule has 3 nitrogen and oxygen atoms in total. The van der Waals surface area contributed by atoms with Crippen molar-refractivity contribution in [3.05, 3.63) is 0 Å². The molecule has 1 N–H and O–H groups in total. The second kappa shape index (κ2) is 6.72. The highest BCUT2D eigenvalue weighted by Crippen LogP contribution is 2.29.